The number of fused-ring (bicyclic) bond motifs is 3. The molecule has 8 nitrogen and oxygen atoms in total. The van der Waals surface area contributed by atoms with Crippen molar-refractivity contribution in [3.8, 4) is 0 Å². The molecule has 5 unspecified atom stereocenters. The molecule has 2 N–H and O–H groups in total. The third kappa shape index (κ3) is 3.19. The third-order valence-corrected chi connectivity index (χ3v) is 7.31. The molecule has 1 aromatic rings. The number of aliphatic hydroxyl groups excluding tert-OH is 1. The van der Waals surface area contributed by atoms with Gasteiger partial charge in [0.1, 0.15) is 6.10 Å². The van der Waals surface area contributed by atoms with Gasteiger partial charge in [-0.05, 0) is 54.0 Å². The molecule has 3 aliphatic rings. The summed E-state index contributed by atoms with van der Waals surface area (Å²) in [6, 6.07) is 5.42. The van der Waals surface area contributed by atoms with Gasteiger partial charge in [0.15, 0.2) is 0 Å². The lowest BCUT2D eigenvalue weighted by atomic mass is 9.48. The predicted octanol–water partition coefficient (Wildman–Crippen LogP) is 2.82. The first-order chi connectivity index (χ1) is 14.2. The summed E-state index contributed by atoms with van der Waals surface area (Å²) in [6.45, 7) is 4.38. The Labute approximate surface area is 174 Å². The van der Waals surface area contributed by atoms with Gasteiger partial charge in [-0.25, -0.2) is 9.59 Å². The van der Waals surface area contributed by atoms with Gasteiger partial charge < -0.3 is 25.0 Å². The number of carbonyl (C=O) groups is 2. The average Bonchev–Trinajstić information content (AvgIpc) is 3.09. The standard InChI is InChI=1S/C22H26NO7/c1-21(12-24)8-3-9-22(2)16-11-29-20(26)15(16)10-17(18(21)22)30-19(25)13-4-6-14(7-5-13)23(27)28/h4-7,10,16-18,24,27H,3,8-9,11-12H2,1-2H3/q-1. The third-order valence-electron chi connectivity index (χ3n) is 7.31. The number of benzene rings is 1. The quantitative estimate of drug-likeness (QED) is 0.568. The highest BCUT2D eigenvalue weighted by Crippen LogP contribution is 2.61. The normalized spacial score (nSPS) is 35.0. The number of ether oxygens (including phenoxy) is 2. The Hall–Kier alpha value is -2.42. The predicted molar refractivity (Wildman–Crippen MR) is 106 cm³/mol. The van der Waals surface area contributed by atoms with E-state index in [2.05, 4.69) is 6.92 Å². The van der Waals surface area contributed by atoms with E-state index in [1.54, 1.807) is 6.08 Å². The van der Waals surface area contributed by atoms with Gasteiger partial charge >= 0.3 is 11.9 Å². The van der Waals surface area contributed by atoms with Gasteiger partial charge in [0.2, 0.25) is 0 Å². The van der Waals surface area contributed by atoms with Crippen LogP contribution in [0.5, 0.6) is 0 Å². The van der Waals surface area contributed by atoms with Crippen molar-refractivity contribution in [3.05, 3.63) is 46.7 Å². The minimum Gasteiger partial charge on any atom is -0.733 e. The van der Waals surface area contributed by atoms with Crippen LogP contribution >= 0.6 is 0 Å². The highest BCUT2D eigenvalue weighted by molar-refractivity contribution is 5.92. The van der Waals surface area contributed by atoms with Crippen LogP contribution in [0.1, 0.15) is 43.5 Å². The van der Waals surface area contributed by atoms with E-state index in [4.69, 9.17) is 14.7 Å². The Morgan fingerprint density at radius 3 is 2.63 bits per heavy atom. The fourth-order valence-corrected chi connectivity index (χ4v) is 5.82. The molecule has 2 aliphatic carbocycles. The van der Waals surface area contributed by atoms with E-state index >= 15 is 0 Å². The van der Waals surface area contributed by atoms with E-state index in [0.717, 1.165) is 19.3 Å². The minimum absolute atomic E-state index is 0.00408. The lowest BCUT2D eigenvalue weighted by Crippen LogP contribution is -2.57. The number of cyclic esters (lactones) is 1. The number of carbonyl (C=O) groups excluding carboxylic acids is 2. The van der Waals surface area contributed by atoms with Crippen LogP contribution in [0.15, 0.2) is 35.9 Å². The maximum Gasteiger partial charge on any atom is 0.338 e. The van der Waals surface area contributed by atoms with Crippen LogP contribution in [0, 0.1) is 27.9 Å². The van der Waals surface area contributed by atoms with Gasteiger partial charge in [0.25, 0.3) is 0 Å². The van der Waals surface area contributed by atoms with E-state index in [1.165, 1.54) is 24.3 Å². The van der Waals surface area contributed by atoms with Crippen molar-refractivity contribution in [1.29, 1.82) is 0 Å². The molecule has 30 heavy (non-hydrogen) atoms. The fraction of sp³-hybridized carbons (Fsp3) is 0.545. The number of hydrogen-bond donors (Lipinski definition) is 2. The average molecular weight is 416 g/mol. The van der Waals surface area contributed by atoms with Gasteiger partial charge in [-0.2, -0.15) is 0 Å². The number of aliphatic hydroxyl groups is 1. The molecule has 1 saturated carbocycles. The summed E-state index contributed by atoms with van der Waals surface area (Å²) in [5, 5.41) is 29.9. The van der Waals surface area contributed by atoms with Crippen molar-refractivity contribution in [1.82, 2.24) is 0 Å². The smallest absolute Gasteiger partial charge is 0.338 e. The molecule has 1 saturated heterocycles. The van der Waals surface area contributed by atoms with Crippen LogP contribution < -0.4 is 5.23 Å². The number of nitrogens with zero attached hydrogens (tertiary/aromatic N) is 1. The first kappa shape index (κ1) is 20.8. The highest BCUT2D eigenvalue weighted by Gasteiger charge is 2.61. The molecular formula is C22H26NO7-. The zero-order chi connectivity index (χ0) is 21.7. The van der Waals surface area contributed by atoms with Crippen LogP contribution in [0.4, 0.5) is 5.69 Å². The molecule has 0 spiro atoms. The van der Waals surface area contributed by atoms with Crippen molar-refractivity contribution in [2.75, 3.05) is 18.4 Å². The molecule has 0 aromatic heterocycles. The zero-order valence-corrected chi connectivity index (χ0v) is 17.0. The number of rotatable bonds is 4. The maximum atomic E-state index is 12.9. The first-order valence-corrected chi connectivity index (χ1v) is 10.2. The summed E-state index contributed by atoms with van der Waals surface area (Å²) in [4.78, 5) is 25.2. The molecule has 162 valence electrons. The first-order valence-electron chi connectivity index (χ1n) is 10.2. The molecule has 1 aromatic carbocycles. The van der Waals surface area contributed by atoms with E-state index in [9.17, 15) is 19.9 Å². The summed E-state index contributed by atoms with van der Waals surface area (Å²) in [5.74, 6) is -1.23. The van der Waals surface area contributed by atoms with E-state index in [1.807, 2.05) is 6.92 Å². The number of anilines is 1. The molecule has 8 heteroatoms. The minimum atomic E-state index is -0.689. The van der Waals surface area contributed by atoms with Crippen molar-refractivity contribution in [2.45, 2.75) is 39.2 Å². The van der Waals surface area contributed by atoms with Gasteiger partial charge in [0, 0.05) is 24.0 Å². The van der Waals surface area contributed by atoms with E-state index < -0.39 is 17.5 Å². The molecule has 0 radical (unpaired) electrons. The summed E-state index contributed by atoms with van der Waals surface area (Å²) >= 11 is 0. The number of esters is 2. The van der Waals surface area contributed by atoms with Crippen molar-refractivity contribution >= 4 is 17.6 Å². The van der Waals surface area contributed by atoms with E-state index in [0.29, 0.717) is 12.2 Å². The monoisotopic (exact) mass is 416 g/mol. The Morgan fingerprint density at radius 2 is 2.00 bits per heavy atom. The molecular weight excluding hydrogens is 390 g/mol. The molecule has 0 bridgehead atoms. The second-order valence-electron chi connectivity index (χ2n) is 9.11. The molecule has 2 fully saturated rings. The zero-order valence-electron chi connectivity index (χ0n) is 17.0. The summed E-state index contributed by atoms with van der Waals surface area (Å²) in [5.41, 5.74) is -0.0452. The SMILES string of the molecule is CC1(CO)CCCC2(C)C3COC(=O)C3=CC(OC(=O)c3ccc(N([O-])O)cc3)C12. The van der Waals surface area contributed by atoms with Crippen LogP contribution in [0.3, 0.4) is 0 Å². The Balaban J connectivity index is 1.69. The van der Waals surface area contributed by atoms with Crippen LogP contribution in [0.2, 0.25) is 0 Å². The Bertz CT molecular complexity index is 880. The largest absolute Gasteiger partial charge is 0.733 e. The number of hydrogen-bond acceptors (Lipinski definition) is 8. The summed E-state index contributed by atoms with van der Waals surface area (Å²) < 4.78 is 11.2. The second kappa shape index (κ2) is 7.37. The Morgan fingerprint density at radius 1 is 1.30 bits per heavy atom. The van der Waals surface area contributed by atoms with Gasteiger partial charge in [-0.3, -0.25) is 5.21 Å². The summed E-state index contributed by atoms with van der Waals surface area (Å²) in [7, 11) is 0. The van der Waals surface area contributed by atoms with Crippen LogP contribution in [0.25, 0.3) is 0 Å². The molecule has 1 aliphatic heterocycles. The molecule has 1 heterocycles. The van der Waals surface area contributed by atoms with Crippen molar-refractivity contribution in [3.63, 3.8) is 0 Å². The lowest BCUT2D eigenvalue weighted by Gasteiger charge is -2.57. The fourth-order valence-electron chi connectivity index (χ4n) is 5.82. The van der Waals surface area contributed by atoms with Gasteiger partial charge in [0.05, 0.1) is 17.9 Å². The maximum absolute atomic E-state index is 12.9. The highest BCUT2D eigenvalue weighted by atomic mass is 16.8. The topological polar surface area (TPSA) is 119 Å². The van der Waals surface area contributed by atoms with Crippen molar-refractivity contribution in [2.24, 2.45) is 22.7 Å². The van der Waals surface area contributed by atoms with E-state index in [-0.39, 0.29) is 46.3 Å². The Kier molecular flexibility index (Phi) is 5.12. The molecule has 5 atom stereocenters. The van der Waals surface area contributed by atoms with Crippen molar-refractivity contribution < 1.29 is 29.4 Å². The lowest BCUT2D eigenvalue weighted by molar-refractivity contribution is -0.135. The van der Waals surface area contributed by atoms with Gasteiger partial charge in [-0.15, -0.1) is 0 Å². The molecule has 0 amide bonds. The molecule has 4 rings (SSSR count). The van der Waals surface area contributed by atoms with Gasteiger partial charge in [-0.1, -0.05) is 20.3 Å². The van der Waals surface area contributed by atoms with Crippen LogP contribution in [-0.4, -0.2) is 41.6 Å². The van der Waals surface area contributed by atoms with Crippen LogP contribution in [-0.2, 0) is 14.3 Å². The summed E-state index contributed by atoms with van der Waals surface area (Å²) in [6.07, 6.45) is 3.57. The second-order valence-corrected chi connectivity index (χ2v) is 9.11.